The minimum Gasteiger partial charge on any atom is -0.393 e. The minimum atomic E-state index is 0.583. The molecule has 3 heterocycles. The Hall–Kier alpha value is -2.21. The smallest absolute Gasteiger partial charge is 0.229 e. The zero-order valence-electron chi connectivity index (χ0n) is 16.3. The summed E-state index contributed by atoms with van der Waals surface area (Å²) in [5, 5.41) is 4.16. The van der Waals surface area contributed by atoms with Crippen molar-refractivity contribution in [1.82, 2.24) is 9.97 Å². The van der Waals surface area contributed by atoms with E-state index in [1.54, 1.807) is 0 Å². The first-order valence-electron chi connectivity index (χ1n) is 10.4. The Balaban J connectivity index is 1.63. The average molecular weight is 401 g/mol. The third-order valence-corrected chi connectivity index (χ3v) is 5.98. The Labute approximate surface area is 172 Å². The van der Waals surface area contributed by atoms with E-state index in [2.05, 4.69) is 15.1 Å². The number of rotatable bonds is 5. The van der Waals surface area contributed by atoms with Crippen LogP contribution in [0.2, 0.25) is 5.02 Å². The molecule has 7 heteroatoms. The van der Waals surface area contributed by atoms with Gasteiger partial charge in [0.1, 0.15) is 5.69 Å². The maximum Gasteiger partial charge on any atom is 0.229 e. The van der Waals surface area contributed by atoms with Gasteiger partial charge in [0.15, 0.2) is 11.6 Å². The van der Waals surface area contributed by atoms with Crippen LogP contribution in [0.5, 0.6) is 0 Å². The lowest BCUT2D eigenvalue weighted by Gasteiger charge is -2.32. The molecule has 0 saturated carbocycles. The largest absolute Gasteiger partial charge is 0.393 e. The molecule has 2 saturated heterocycles. The van der Waals surface area contributed by atoms with Crippen LogP contribution in [0.4, 0.5) is 23.3 Å². The summed E-state index contributed by atoms with van der Waals surface area (Å²) in [5.74, 6) is 2.36. The standard InChI is InChI=1S/C21H29ClN6/c22-17-10-4-3-9-16(17)15-24-19-18(23)20(27-11-5-1-6-12-27)26-21(25-19)28-13-7-2-8-14-28/h3-4,9-10H,1-2,5-8,11-15,23H2,(H,24,25,26). The predicted molar refractivity (Wildman–Crippen MR) is 117 cm³/mol. The lowest BCUT2D eigenvalue weighted by atomic mass is 10.1. The SMILES string of the molecule is Nc1c(NCc2ccccc2Cl)nc(N2CCCCC2)nc1N1CCCCC1. The molecule has 2 aromatic rings. The van der Waals surface area contributed by atoms with E-state index < -0.39 is 0 Å². The first kappa shape index (κ1) is 19.1. The van der Waals surface area contributed by atoms with Crippen LogP contribution >= 0.6 is 11.6 Å². The van der Waals surface area contributed by atoms with Crippen molar-refractivity contribution in [3.05, 3.63) is 34.9 Å². The number of nitrogens with zero attached hydrogens (tertiary/aromatic N) is 4. The van der Waals surface area contributed by atoms with Gasteiger partial charge in [-0.05, 0) is 50.2 Å². The topological polar surface area (TPSA) is 70.3 Å². The third kappa shape index (κ3) is 4.27. The molecule has 0 aliphatic carbocycles. The minimum absolute atomic E-state index is 0.583. The molecule has 0 bridgehead atoms. The lowest BCUT2D eigenvalue weighted by molar-refractivity contribution is 0.561. The van der Waals surface area contributed by atoms with Crippen LogP contribution < -0.4 is 20.9 Å². The maximum atomic E-state index is 6.53. The number of nitrogens with two attached hydrogens (primary N) is 1. The second-order valence-corrected chi connectivity index (χ2v) is 8.06. The molecule has 2 aliphatic heterocycles. The van der Waals surface area contributed by atoms with Crippen LogP contribution in [0.3, 0.4) is 0 Å². The van der Waals surface area contributed by atoms with Crippen molar-refractivity contribution >= 4 is 34.9 Å². The van der Waals surface area contributed by atoms with Crippen molar-refractivity contribution in [2.24, 2.45) is 0 Å². The van der Waals surface area contributed by atoms with Gasteiger partial charge in [-0.1, -0.05) is 29.8 Å². The summed E-state index contributed by atoms with van der Waals surface area (Å²) in [7, 11) is 0. The molecule has 0 amide bonds. The van der Waals surface area contributed by atoms with Crippen molar-refractivity contribution in [3.8, 4) is 0 Å². The molecule has 2 fully saturated rings. The van der Waals surface area contributed by atoms with Gasteiger partial charge in [0.25, 0.3) is 0 Å². The Kier molecular flexibility index (Phi) is 6.05. The van der Waals surface area contributed by atoms with E-state index >= 15 is 0 Å². The fourth-order valence-corrected chi connectivity index (χ4v) is 4.19. The van der Waals surface area contributed by atoms with Crippen molar-refractivity contribution in [1.29, 1.82) is 0 Å². The molecule has 0 spiro atoms. The highest BCUT2D eigenvalue weighted by atomic mass is 35.5. The normalized spacial score (nSPS) is 17.6. The van der Waals surface area contributed by atoms with Gasteiger partial charge in [0.2, 0.25) is 5.95 Å². The van der Waals surface area contributed by atoms with E-state index in [-0.39, 0.29) is 0 Å². The summed E-state index contributed by atoms with van der Waals surface area (Å²) in [5.41, 5.74) is 8.20. The number of nitrogen functional groups attached to an aromatic ring is 1. The van der Waals surface area contributed by atoms with Gasteiger partial charge < -0.3 is 20.9 Å². The van der Waals surface area contributed by atoms with Crippen LogP contribution in [0.25, 0.3) is 0 Å². The molecule has 1 aromatic heterocycles. The summed E-state index contributed by atoms with van der Waals surface area (Å²) in [6.07, 6.45) is 7.31. The number of hydrogen-bond donors (Lipinski definition) is 2. The molecular formula is C21H29ClN6. The van der Waals surface area contributed by atoms with Crippen LogP contribution in [0, 0.1) is 0 Å². The predicted octanol–water partition coefficient (Wildman–Crippen LogP) is 4.30. The van der Waals surface area contributed by atoms with Gasteiger partial charge >= 0.3 is 0 Å². The summed E-state index contributed by atoms with van der Waals surface area (Å²) >= 11 is 6.32. The zero-order valence-corrected chi connectivity index (χ0v) is 17.1. The molecule has 2 aliphatic rings. The molecule has 1 aromatic carbocycles. The zero-order chi connectivity index (χ0) is 19.3. The molecule has 0 unspecified atom stereocenters. The Morgan fingerprint density at radius 2 is 1.54 bits per heavy atom. The number of hydrogen-bond acceptors (Lipinski definition) is 6. The lowest BCUT2D eigenvalue weighted by Crippen LogP contribution is -2.34. The highest BCUT2D eigenvalue weighted by Crippen LogP contribution is 2.33. The van der Waals surface area contributed by atoms with Crippen LogP contribution in [-0.4, -0.2) is 36.1 Å². The van der Waals surface area contributed by atoms with Crippen LogP contribution in [0.15, 0.2) is 24.3 Å². The van der Waals surface area contributed by atoms with Crippen molar-refractivity contribution in [2.45, 2.75) is 45.1 Å². The number of piperidine rings is 2. The molecular weight excluding hydrogens is 372 g/mol. The fourth-order valence-electron chi connectivity index (χ4n) is 3.98. The van der Waals surface area contributed by atoms with Gasteiger partial charge in [0, 0.05) is 37.7 Å². The first-order valence-corrected chi connectivity index (χ1v) is 10.7. The highest BCUT2D eigenvalue weighted by molar-refractivity contribution is 6.31. The van der Waals surface area contributed by atoms with Gasteiger partial charge in [-0.3, -0.25) is 0 Å². The van der Waals surface area contributed by atoms with E-state index in [0.29, 0.717) is 18.1 Å². The molecule has 28 heavy (non-hydrogen) atoms. The number of aromatic nitrogens is 2. The second kappa shape index (κ2) is 8.86. The summed E-state index contributed by atoms with van der Waals surface area (Å²) in [4.78, 5) is 14.3. The Morgan fingerprint density at radius 3 is 2.21 bits per heavy atom. The van der Waals surface area contributed by atoms with E-state index in [4.69, 9.17) is 27.3 Å². The van der Waals surface area contributed by atoms with E-state index in [9.17, 15) is 0 Å². The van der Waals surface area contributed by atoms with Crippen molar-refractivity contribution in [3.63, 3.8) is 0 Å². The van der Waals surface area contributed by atoms with E-state index in [0.717, 1.165) is 48.5 Å². The third-order valence-electron chi connectivity index (χ3n) is 5.61. The highest BCUT2D eigenvalue weighted by Gasteiger charge is 2.22. The molecule has 4 rings (SSSR count). The Bertz CT molecular complexity index is 799. The molecule has 0 atom stereocenters. The monoisotopic (exact) mass is 400 g/mol. The molecule has 0 radical (unpaired) electrons. The second-order valence-electron chi connectivity index (χ2n) is 7.65. The van der Waals surface area contributed by atoms with E-state index in [1.165, 1.54) is 38.5 Å². The maximum absolute atomic E-state index is 6.53. The first-order chi connectivity index (χ1) is 13.7. The van der Waals surface area contributed by atoms with Crippen LogP contribution in [-0.2, 0) is 6.54 Å². The fraction of sp³-hybridized carbons (Fsp3) is 0.524. The quantitative estimate of drug-likeness (QED) is 0.779. The summed E-state index contributed by atoms with van der Waals surface area (Å²) in [6, 6.07) is 7.85. The van der Waals surface area contributed by atoms with Crippen molar-refractivity contribution < 1.29 is 0 Å². The number of benzene rings is 1. The number of anilines is 4. The molecule has 150 valence electrons. The van der Waals surface area contributed by atoms with Gasteiger partial charge in [0.05, 0.1) is 0 Å². The molecule has 3 N–H and O–H groups in total. The Morgan fingerprint density at radius 1 is 0.893 bits per heavy atom. The average Bonchev–Trinajstić information content (AvgIpc) is 2.75. The number of halogens is 1. The molecule has 6 nitrogen and oxygen atoms in total. The van der Waals surface area contributed by atoms with Crippen LogP contribution in [0.1, 0.15) is 44.1 Å². The summed E-state index contributed by atoms with van der Waals surface area (Å²) in [6.45, 7) is 4.61. The number of nitrogens with one attached hydrogen (secondary N) is 1. The van der Waals surface area contributed by atoms with E-state index in [1.807, 2.05) is 24.3 Å². The van der Waals surface area contributed by atoms with Gasteiger partial charge in [-0.25, -0.2) is 0 Å². The summed E-state index contributed by atoms with van der Waals surface area (Å²) < 4.78 is 0. The van der Waals surface area contributed by atoms with Crippen molar-refractivity contribution in [2.75, 3.05) is 47.0 Å². The van der Waals surface area contributed by atoms with Gasteiger partial charge in [-0.15, -0.1) is 0 Å². The van der Waals surface area contributed by atoms with Gasteiger partial charge in [-0.2, -0.15) is 9.97 Å².